The lowest BCUT2D eigenvalue weighted by molar-refractivity contribution is 1.07. The van der Waals surface area contributed by atoms with E-state index in [0.29, 0.717) is 5.15 Å². The predicted molar refractivity (Wildman–Crippen MR) is 58.8 cm³/mol. The van der Waals surface area contributed by atoms with E-state index in [1.807, 2.05) is 38.3 Å². The first-order chi connectivity index (χ1) is 6.70. The number of hydrogen-bond acceptors (Lipinski definition) is 2. The Kier molecular flexibility index (Phi) is 3.47. The Hall–Kier alpha value is -1.09. The second-order valence-corrected chi connectivity index (χ2v) is 3.05. The van der Waals surface area contributed by atoms with E-state index in [9.17, 15) is 0 Å². The van der Waals surface area contributed by atoms with Crippen LogP contribution in [0.2, 0.25) is 5.15 Å². The fraction of sp³-hybridized carbons (Fsp3) is 0.400. The summed E-state index contributed by atoms with van der Waals surface area (Å²) in [7, 11) is 0. The maximum atomic E-state index is 5.85. The van der Waals surface area contributed by atoms with Crippen LogP contribution in [-0.2, 0) is 0 Å². The summed E-state index contributed by atoms with van der Waals surface area (Å²) in [6.45, 7) is 7.96. The van der Waals surface area contributed by atoms with Gasteiger partial charge in [-0.05, 0) is 13.8 Å². The third kappa shape index (κ3) is 1.73. The largest absolute Gasteiger partial charge is 0.300 e. The zero-order valence-corrected chi connectivity index (χ0v) is 9.63. The van der Waals surface area contributed by atoms with Gasteiger partial charge in [0, 0.05) is 18.1 Å². The van der Waals surface area contributed by atoms with Gasteiger partial charge < -0.3 is 0 Å². The van der Waals surface area contributed by atoms with Gasteiger partial charge in [-0.25, -0.2) is 9.97 Å². The predicted octanol–water partition coefficient (Wildman–Crippen LogP) is 3.03. The fourth-order valence-electron chi connectivity index (χ4n) is 1.18. The highest BCUT2D eigenvalue weighted by atomic mass is 35.5. The van der Waals surface area contributed by atoms with Crippen LogP contribution in [0.5, 0.6) is 0 Å². The molecule has 2 heterocycles. The standard InChI is InChI=1S/C8H8ClN3.C2H6/c1-5-6(2)12-4-3-10-7(9)8(12)11-5;1-2/h3-4H,1-2H3;1-2H3. The lowest BCUT2D eigenvalue weighted by Crippen LogP contribution is -1.88. The van der Waals surface area contributed by atoms with Crippen molar-refractivity contribution >= 4 is 17.2 Å². The summed E-state index contributed by atoms with van der Waals surface area (Å²) in [4.78, 5) is 8.22. The van der Waals surface area contributed by atoms with Gasteiger partial charge in [-0.3, -0.25) is 4.40 Å². The minimum atomic E-state index is 0.453. The van der Waals surface area contributed by atoms with Crippen molar-refractivity contribution in [3.63, 3.8) is 0 Å². The third-order valence-electron chi connectivity index (χ3n) is 1.97. The molecule has 0 atom stereocenters. The summed E-state index contributed by atoms with van der Waals surface area (Å²) in [5.74, 6) is 0. The molecule has 0 aliphatic carbocycles. The molecule has 0 unspecified atom stereocenters. The van der Waals surface area contributed by atoms with E-state index in [0.717, 1.165) is 17.0 Å². The van der Waals surface area contributed by atoms with Gasteiger partial charge in [0.1, 0.15) is 0 Å². The number of hydrogen-bond donors (Lipinski definition) is 0. The van der Waals surface area contributed by atoms with Gasteiger partial charge >= 0.3 is 0 Å². The quantitative estimate of drug-likeness (QED) is 0.671. The molecule has 0 aliphatic heterocycles. The van der Waals surface area contributed by atoms with E-state index in [2.05, 4.69) is 9.97 Å². The first-order valence-corrected chi connectivity index (χ1v) is 5.03. The molecular weight excluding hydrogens is 198 g/mol. The van der Waals surface area contributed by atoms with Crippen molar-refractivity contribution in [2.75, 3.05) is 0 Å². The molecule has 3 nitrogen and oxygen atoms in total. The van der Waals surface area contributed by atoms with Gasteiger partial charge in [-0.15, -0.1) is 0 Å². The van der Waals surface area contributed by atoms with Gasteiger partial charge in [0.2, 0.25) is 0 Å². The number of halogens is 1. The van der Waals surface area contributed by atoms with Crippen molar-refractivity contribution in [1.82, 2.24) is 14.4 Å². The third-order valence-corrected chi connectivity index (χ3v) is 2.24. The second-order valence-electron chi connectivity index (χ2n) is 2.69. The summed E-state index contributed by atoms with van der Waals surface area (Å²) in [5, 5.41) is 0.453. The van der Waals surface area contributed by atoms with Crippen LogP contribution in [0, 0.1) is 13.8 Å². The minimum Gasteiger partial charge on any atom is -0.300 e. The first-order valence-electron chi connectivity index (χ1n) is 4.66. The summed E-state index contributed by atoms with van der Waals surface area (Å²) in [6, 6.07) is 0. The Morgan fingerprint density at radius 1 is 1.29 bits per heavy atom. The highest BCUT2D eigenvalue weighted by Crippen LogP contribution is 2.16. The minimum absolute atomic E-state index is 0.453. The molecule has 0 fully saturated rings. The molecule has 0 bridgehead atoms. The number of fused-ring (bicyclic) bond motifs is 1. The van der Waals surface area contributed by atoms with Crippen LogP contribution in [-0.4, -0.2) is 14.4 Å². The second kappa shape index (κ2) is 4.42. The molecule has 0 spiro atoms. The Bertz CT molecular complexity index is 434. The van der Waals surface area contributed by atoms with Gasteiger partial charge in [0.25, 0.3) is 0 Å². The van der Waals surface area contributed by atoms with E-state index >= 15 is 0 Å². The maximum absolute atomic E-state index is 5.85. The first kappa shape index (κ1) is 11.0. The Morgan fingerprint density at radius 3 is 2.50 bits per heavy atom. The summed E-state index contributed by atoms with van der Waals surface area (Å²) < 4.78 is 1.94. The molecule has 0 aliphatic rings. The molecule has 2 aromatic heterocycles. The van der Waals surface area contributed by atoms with Crippen molar-refractivity contribution < 1.29 is 0 Å². The van der Waals surface area contributed by atoms with Gasteiger partial charge in [0.15, 0.2) is 10.8 Å². The van der Waals surface area contributed by atoms with Crippen LogP contribution in [0.4, 0.5) is 0 Å². The van der Waals surface area contributed by atoms with E-state index in [4.69, 9.17) is 11.6 Å². The van der Waals surface area contributed by atoms with Crippen LogP contribution in [0.3, 0.4) is 0 Å². The van der Waals surface area contributed by atoms with Crippen LogP contribution >= 0.6 is 11.6 Å². The molecule has 0 N–H and O–H groups in total. The average molecular weight is 212 g/mol. The number of rotatable bonds is 0. The van der Waals surface area contributed by atoms with Crippen molar-refractivity contribution in [1.29, 1.82) is 0 Å². The molecular formula is C10H14ClN3. The lowest BCUT2D eigenvalue weighted by Gasteiger charge is -1.95. The monoisotopic (exact) mass is 211 g/mol. The van der Waals surface area contributed by atoms with E-state index < -0.39 is 0 Å². The topological polar surface area (TPSA) is 30.2 Å². The smallest absolute Gasteiger partial charge is 0.175 e. The number of aryl methyl sites for hydroxylation is 2. The maximum Gasteiger partial charge on any atom is 0.175 e. The molecule has 76 valence electrons. The normalized spacial score (nSPS) is 9.79. The zero-order chi connectivity index (χ0) is 10.7. The van der Waals surface area contributed by atoms with Gasteiger partial charge in [0.05, 0.1) is 5.69 Å². The van der Waals surface area contributed by atoms with Crippen molar-refractivity contribution in [3.8, 4) is 0 Å². The molecule has 0 saturated carbocycles. The number of imidazole rings is 1. The average Bonchev–Trinajstić information content (AvgIpc) is 2.50. The lowest BCUT2D eigenvalue weighted by atomic mass is 10.4. The van der Waals surface area contributed by atoms with E-state index in [1.165, 1.54) is 0 Å². The zero-order valence-electron chi connectivity index (χ0n) is 8.87. The fourth-order valence-corrected chi connectivity index (χ4v) is 1.37. The van der Waals surface area contributed by atoms with Crippen LogP contribution in [0.1, 0.15) is 25.2 Å². The van der Waals surface area contributed by atoms with Crippen LogP contribution < -0.4 is 0 Å². The van der Waals surface area contributed by atoms with Gasteiger partial charge in [-0.2, -0.15) is 0 Å². The highest BCUT2D eigenvalue weighted by molar-refractivity contribution is 6.32. The highest BCUT2D eigenvalue weighted by Gasteiger charge is 2.06. The molecule has 0 saturated heterocycles. The van der Waals surface area contributed by atoms with Gasteiger partial charge in [-0.1, -0.05) is 25.4 Å². The number of nitrogens with zero attached hydrogens (tertiary/aromatic N) is 3. The van der Waals surface area contributed by atoms with Crippen molar-refractivity contribution in [2.24, 2.45) is 0 Å². The van der Waals surface area contributed by atoms with E-state index in [-0.39, 0.29) is 0 Å². The summed E-state index contributed by atoms with van der Waals surface area (Å²) >= 11 is 5.85. The summed E-state index contributed by atoms with van der Waals surface area (Å²) in [6.07, 6.45) is 3.53. The van der Waals surface area contributed by atoms with Crippen LogP contribution in [0.15, 0.2) is 12.4 Å². The molecule has 2 rings (SSSR count). The Labute approximate surface area is 88.8 Å². The molecule has 14 heavy (non-hydrogen) atoms. The molecule has 0 aromatic carbocycles. The molecule has 4 heteroatoms. The summed E-state index contributed by atoms with van der Waals surface area (Å²) in [5.41, 5.74) is 2.83. The molecule has 0 amide bonds. The van der Waals surface area contributed by atoms with Crippen molar-refractivity contribution in [3.05, 3.63) is 28.9 Å². The SMILES string of the molecule is CC.Cc1nc2c(Cl)nccn2c1C. The number of aromatic nitrogens is 3. The molecule has 2 aromatic rings. The van der Waals surface area contributed by atoms with Crippen molar-refractivity contribution in [2.45, 2.75) is 27.7 Å². The Balaban J connectivity index is 0.000000461. The van der Waals surface area contributed by atoms with Crippen LogP contribution in [0.25, 0.3) is 5.65 Å². The Morgan fingerprint density at radius 2 is 1.93 bits per heavy atom. The van der Waals surface area contributed by atoms with E-state index in [1.54, 1.807) is 6.20 Å². The molecule has 0 radical (unpaired) electrons.